The lowest BCUT2D eigenvalue weighted by Crippen LogP contribution is -2.45. The van der Waals surface area contributed by atoms with E-state index in [1.807, 2.05) is 0 Å². The van der Waals surface area contributed by atoms with Gasteiger partial charge in [0, 0.05) is 12.1 Å². The van der Waals surface area contributed by atoms with Crippen LogP contribution in [0.4, 0.5) is 0 Å². The first-order valence-electron chi connectivity index (χ1n) is 5.82. The minimum Gasteiger partial charge on any atom is -0.317 e. The van der Waals surface area contributed by atoms with E-state index in [0.29, 0.717) is 0 Å². The lowest BCUT2D eigenvalue weighted by molar-refractivity contribution is 0.223. The summed E-state index contributed by atoms with van der Waals surface area (Å²) in [5, 5.41) is 7.14. The maximum Gasteiger partial charge on any atom is 0.0111 e. The van der Waals surface area contributed by atoms with E-state index >= 15 is 0 Å². The zero-order valence-electron chi connectivity index (χ0n) is 8.68. The van der Waals surface area contributed by atoms with Gasteiger partial charge in [-0.1, -0.05) is 12.8 Å². The minimum atomic E-state index is 0.782. The quantitative estimate of drug-likeness (QED) is 0.676. The minimum absolute atomic E-state index is 0.782. The zero-order valence-corrected chi connectivity index (χ0v) is 8.68. The molecule has 1 saturated carbocycles. The zero-order chi connectivity index (χ0) is 9.10. The Balaban J connectivity index is 1.93. The Morgan fingerprint density at radius 2 is 1.92 bits per heavy atom. The number of rotatable bonds is 2. The monoisotopic (exact) mass is 182 g/mol. The van der Waals surface area contributed by atoms with Gasteiger partial charge in [-0.05, 0) is 45.2 Å². The number of hydrogen-bond donors (Lipinski definition) is 2. The summed E-state index contributed by atoms with van der Waals surface area (Å²) in [7, 11) is 2.12. The molecule has 1 aliphatic heterocycles. The third-order valence-electron chi connectivity index (χ3n) is 3.81. The molecule has 0 bridgehead atoms. The summed E-state index contributed by atoms with van der Waals surface area (Å²) < 4.78 is 0. The lowest BCUT2D eigenvalue weighted by atomic mass is 9.79. The Kier molecular flexibility index (Phi) is 3.23. The second kappa shape index (κ2) is 4.43. The van der Waals surface area contributed by atoms with E-state index in [1.165, 1.54) is 45.1 Å². The Morgan fingerprint density at radius 1 is 1.08 bits per heavy atom. The molecule has 1 saturated heterocycles. The van der Waals surface area contributed by atoms with Crippen LogP contribution in [0.25, 0.3) is 0 Å². The normalized spacial score (nSPS) is 40.8. The SMILES string of the molecule is CNC1CCCCC1C1CCCN1. The van der Waals surface area contributed by atoms with E-state index in [0.717, 1.165) is 18.0 Å². The van der Waals surface area contributed by atoms with Gasteiger partial charge < -0.3 is 10.6 Å². The summed E-state index contributed by atoms with van der Waals surface area (Å²) >= 11 is 0. The van der Waals surface area contributed by atoms with Crippen LogP contribution in [0.3, 0.4) is 0 Å². The van der Waals surface area contributed by atoms with Gasteiger partial charge in [-0.15, -0.1) is 0 Å². The second-order valence-corrected chi connectivity index (χ2v) is 4.55. The first-order chi connectivity index (χ1) is 6.42. The molecule has 0 spiro atoms. The Bertz CT molecular complexity index is 150. The molecule has 2 nitrogen and oxygen atoms in total. The van der Waals surface area contributed by atoms with Gasteiger partial charge in [-0.3, -0.25) is 0 Å². The first-order valence-corrected chi connectivity index (χ1v) is 5.82. The van der Waals surface area contributed by atoms with Crippen LogP contribution >= 0.6 is 0 Å². The van der Waals surface area contributed by atoms with Gasteiger partial charge in [-0.25, -0.2) is 0 Å². The standard InChI is InChI=1S/C11H22N2/c1-12-10-6-3-2-5-9(10)11-7-4-8-13-11/h9-13H,2-8H2,1H3. The topological polar surface area (TPSA) is 24.1 Å². The molecule has 76 valence electrons. The average molecular weight is 182 g/mol. The molecule has 3 atom stereocenters. The fourth-order valence-corrected chi connectivity index (χ4v) is 3.08. The largest absolute Gasteiger partial charge is 0.317 e. The van der Waals surface area contributed by atoms with E-state index in [1.54, 1.807) is 0 Å². The van der Waals surface area contributed by atoms with E-state index < -0.39 is 0 Å². The van der Waals surface area contributed by atoms with Crippen LogP contribution in [-0.4, -0.2) is 25.7 Å². The molecule has 2 heteroatoms. The lowest BCUT2D eigenvalue weighted by Gasteiger charge is -2.35. The van der Waals surface area contributed by atoms with Crippen molar-refractivity contribution in [1.82, 2.24) is 10.6 Å². The van der Waals surface area contributed by atoms with Crippen molar-refractivity contribution < 1.29 is 0 Å². The molecule has 1 aliphatic carbocycles. The summed E-state index contributed by atoms with van der Waals surface area (Å²) in [5.41, 5.74) is 0. The Morgan fingerprint density at radius 3 is 2.62 bits per heavy atom. The third kappa shape index (κ3) is 2.05. The summed E-state index contributed by atoms with van der Waals surface area (Å²) in [6.45, 7) is 1.25. The number of hydrogen-bond acceptors (Lipinski definition) is 2. The highest BCUT2D eigenvalue weighted by molar-refractivity contribution is 4.90. The molecule has 1 heterocycles. The van der Waals surface area contributed by atoms with Gasteiger partial charge in [0.05, 0.1) is 0 Å². The van der Waals surface area contributed by atoms with Crippen LogP contribution in [0.5, 0.6) is 0 Å². The van der Waals surface area contributed by atoms with Crippen LogP contribution in [0, 0.1) is 5.92 Å². The van der Waals surface area contributed by atoms with E-state index in [4.69, 9.17) is 0 Å². The van der Waals surface area contributed by atoms with Gasteiger partial charge in [0.15, 0.2) is 0 Å². The van der Waals surface area contributed by atoms with Crippen LogP contribution < -0.4 is 10.6 Å². The van der Waals surface area contributed by atoms with Gasteiger partial charge in [0.1, 0.15) is 0 Å². The fraction of sp³-hybridized carbons (Fsp3) is 1.00. The summed E-state index contributed by atoms with van der Waals surface area (Å²) in [4.78, 5) is 0. The highest BCUT2D eigenvalue weighted by atomic mass is 15.0. The van der Waals surface area contributed by atoms with Crippen molar-refractivity contribution in [2.75, 3.05) is 13.6 Å². The molecule has 2 fully saturated rings. The molecule has 2 rings (SSSR count). The molecule has 0 amide bonds. The average Bonchev–Trinajstić information content (AvgIpc) is 2.70. The van der Waals surface area contributed by atoms with Crippen LogP contribution in [0.1, 0.15) is 38.5 Å². The van der Waals surface area contributed by atoms with Crippen molar-refractivity contribution in [3.63, 3.8) is 0 Å². The van der Waals surface area contributed by atoms with Crippen molar-refractivity contribution in [3.8, 4) is 0 Å². The van der Waals surface area contributed by atoms with Crippen LogP contribution in [-0.2, 0) is 0 Å². The highest BCUT2D eigenvalue weighted by Crippen LogP contribution is 2.30. The molecule has 2 N–H and O–H groups in total. The molecular formula is C11H22N2. The molecule has 0 aromatic carbocycles. The summed E-state index contributed by atoms with van der Waals surface area (Å²) in [6.07, 6.45) is 8.48. The predicted octanol–water partition coefficient (Wildman–Crippen LogP) is 1.52. The van der Waals surface area contributed by atoms with E-state index in [2.05, 4.69) is 17.7 Å². The van der Waals surface area contributed by atoms with E-state index in [-0.39, 0.29) is 0 Å². The maximum absolute atomic E-state index is 3.65. The molecule has 0 aromatic heterocycles. The van der Waals surface area contributed by atoms with Crippen LogP contribution in [0.2, 0.25) is 0 Å². The van der Waals surface area contributed by atoms with Gasteiger partial charge in [0.25, 0.3) is 0 Å². The molecule has 0 radical (unpaired) electrons. The summed E-state index contributed by atoms with van der Waals surface area (Å²) in [5.74, 6) is 0.904. The molecule has 2 aliphatic rings. The highest BCUT2D eigenvalue weighted by Gasteiger charge is 2.31. The summed E-state index contributed by atoms with van der Waals surface area (Å²) in [6, 6.07) is 1.60. The first kappa shape index (κ1) is 9.47. The molecule has 3 unspecified atom stereocenters. The van der Waals surface area contributed by atoms with Crippen molar-refractivity contribution in [1.29, 1.82) is 0 Å². The van der Waals surface area contributed by atoms with Gasteiger partial charge >= 0.3 is 0 Å². The van der Waals surface area contributed by atoms with E-state index in [9.17, 15) is 0 Å². The number of nitrogens with one attached hydrogen (secondary N) is 2. The van der Waals surface area contributed by atoms with Crippen molar-refractivity contribution in [3.05, 3.63) is 0 Å². The molecule has 13 heavy (non-hydrogen) atoms. The van der Waals surface area contributed by atoms with Crippen molar-refractivity contribution in [2.45, 2.75) is 50.6 Å². The second-order valence-electron chi connectivity index (χ2n) is 4.55. The predicted molar refractivity (Wildman–Crippen MR) is 55.8 cm³/mol. The van der Waals surface area contributed by atoms with Gasteiger partial charge in [0.2, 0.25) is 0 Å². The third-order valence-corrected chi connectivity index (χ3v) is 3.81. The van der Waals surface area contributed by atoms with Crippen molar-refractivity contribution in [2.24, 2.45) is 5.92 Å². The van der Waals surface area contributed by atoms with Crippen molar-refractivity contribution >= 4 is 0 Å². The van der Waals surface area contributed by atoms with Gasteiger partial charge in [-0.2, -0.15) is 0 Å². The fourth-order valence-electron chi connectivity index (χ4n) is 3.08. The smallest absolute Gasteiger partial charge is 0.0111 e. The Labute approximate surface area is 81.5 Å². The maximum atomic E-state index is 3.65. The molecular weight excluding hydrogens is 160 g/mol. The molecule has 0 aromatic rings. The Hall–Kier alpha value is -0.0800. The van der Waals surface area contributed by atoms with Crippen LogP contribution in [0.15, 0.2) is 0 Å².